The number of nitrogens with zero attached hydrogens (tertiary/aromatic N) is 1. The van der Waals surface area contributed by atoms with E-state index in [1.165, 1.54) is 12.8 Å². The Morgan fingerprint density at radius 3 is 2.75 bits per heavy atom. The van der Waals surface area contributed by atoms with Crippen molar-refractivity contribution in [3.05, 3.63) is 0 Å². The van der Waals surface area contributed by atoms with E-state index >= 15 is 0 Å². The molecule has 1 N–H and O–H groups in total. The van der Waals surface area contributed by atoms with Gasteiger partial charge in [0.25, 0.3) is 0 Å². The van der Waals surface area contributed by atoms with E-state index in [4.69, 9.17) is 0 Å². The summed E-state index contributed by atoms with van der Waals surface area (Å²) in [5.74, 6) is 0.569. The summed E-state index contributed by atoms with van der Waals surface area (Å²) in [4.78, 5) is 2.27. The lowest BCUT2D eigenvalue weighted by molar-refractivity contribution is 0.201. The van der Waals surface area contributed by atoms with Crippen LogP contribution < -0.4 is 5.32 Å². The second-order valence-electron chi connectivity index (χ2n) is 4.43. The van der Waals surface area contributed by atoms with Gasteiger partial charge in [0, 0.05) is 24.9 Å². The third-order valence-corrected chi connectivity index (χ3v) is 4.84. The molecule has 1 unspecified atom stereocenters. The van der Waals surface area contributed by atoms with Crippen LogP contribution in [0.2, 0.25) is 0 Å². The molecule has 4 nitrogen and oxygen atoms in total. The molecule has 1 aliphatic rings. The maximum atomic E-state index is 11.4. The van der Waals surface area contributed by atoms with Crippen molar-refractivity contribution in [2.75, 3.05) is 37.7 Å². The SMILES string of the molecule is CCNC1CCCN(CCS(=O)(=O)CC)C1. The van der Waals surface area contributed by atoms with E-state index in [0.29, 0.717) is 18.3 Å². The van der Waals surface area contributed by atoms with Gasteiger partial charge in [0.2, 0.25) is 0 Å². The highest BCUT2D eigenvalue weighted by atomic mass is 32.2. The minimum atomic E-state index is -2.81. The zero-order valence-electron chi connectivity index (χ0n) is 10.4. The van der Waals surface area contributed by atoms with E-state index in [1.807, 2.05) is 0 Å². The molecule has 0 bridgehead atoms. The van der Waals surface area contributed by atoms with Crippen molar-refractivity contribution in [2.24, 2.45) is 0 Å². The largest absolute Gasteiger partial charge is 0.313 e. The molecule has 96 valence electrons. The van der Waals surface area contributed by atoms with E-state index in [9.17, 15) is 8.42 Å². The number of likely N-dealkylation sites (N-methyl/N-ethyl adjacent to an activating group) is 1. The first-order valence-electron chi connectivity index (χ1n) is 6.23. The van der Waals surface area contributed by atoms with Crippen LogP contribution in [-0.2, 0) is 9.84 Å². The summed E-state index contributed by atoms with van der Waals surface area (Å²) in [7, 11) is -2.81. The van der Waals surface area contributed by atoms with Crippen LogP contribution in [-0.4, -0.2) is 57.0 Å². The number of hydrogen-bond acceptors (Lipinski definition) is 4. The molecule has 0 radical (unpaired) electrons. The summed E-state index contributed by atoms with van der Waals surface area (Å²) in [6, 6.07) is 0.545. The molecule has 16 heavy (non-hydrogen) atoms. The summed E-state index contributed by atoms with van der Waals surface area (Å²) >= 11 is 0. The number of rotatable bonds is 6. The number of sulfone groups is 1. The normalized spacial score (nSPS) is 23.5. The van der Waals surface area contributed by atoms with Crippen molar-refractivity contribution < 1.29 is 8.42 Å². The minimum absolute atomic E-state index is 0.261. The van der Waals surface area contributed by atoms with E-state index in [-0.39, 0.29) is 5.75 Å². The number of likely N-dealkylation sites (tertiary alicyclic amines) is 1. The fraction of sp³-hybridized carbons (Fsp3) is 1.00. The molecule has 0 saturated carbocycles. The van der Waals surface area contributed by atoms with Gasteiger partial charge in [-0.2, -0.15) is 0 Å². The van der Waals surface area contributed by atoms with Gasteiger partial charge < -0.3 is 10.2 Å². The first-order valence-corrected chi connectivity index (χ1v) is 8.05. The van der Waals surface area contributed by atoms with Gasteiger partial charge in [-0.25, -0.2) is 8.42 Å². The van der Waals surface area contributed by atoms with Gasteiger partial charge >= 0.3 is 0 Å². The Hall–Kier alpha value is -0.130. The first kappa shape index (κ1) is 13.9. The van der Waals surface area contributed by atoms with Crippen LogP contribution in [0.4, 0.5) is 0 Å². The van der Waals surface area contributed by atoms with Gasteiger partial charge in [-0.1, -0.05) is 13.8 Å². The molecule has 0 amide bonds. The Morgan fingerprint density at radius 1 is 1.38 bits per heavy atom. The molecule has 1 saturated heterocycles. The minimum Gasteiger partial charge on any atom is -0.313 e. The van der Waals surface area contributed by atoms with Crippen molar-refractivity contribution in [1.29, 1.82) is 0 Å². The molecule has 1 atom stereocenters. The van der Waals surface area contributed by atoms with E-state index < -0.39 is 9.84 Å². The highest BCUT2D eigenvalue weighted by Gasteiger charge is 2.20. The maximum Gasteiger partial charge on any atom is 0.151 e. The van der Waals surface area contributed by atoms with Crippen molar-refractivity contribution in [2.45, 2.75) is 32.7 Å². The molecule has 0 aliphatic carbocycles. The first-order chi connectivity index (χ1) is 7.57. The van der Waals surface area contributed by atoms with Crippen molar-refractivity contribution in [3.63, 3.8) is 0 Å². The monoisotopic (exact) mass is 248 g/mol. The van der Waals surface area contributed by atoms with Crippen molar-refractivity contribution in [3.8, 4) is 0 Å². The van der Waals surface area contributed by atoms with Crippen LogP contribution in [0, 0.1) is 0 Å². The highest BCUT2D eigenvalue weighted by Crippen LogP contribution is 2.09. The van der Waals surface area contributed by atoms with Gasteiger partial charge in [-0.15, -0.1) is 0 Å². The molecular weight excluding hydrogens is 224 g/mol. The lowest BCUT2D eigenvalue weighted by Gasteiger charge is -2.32. The molecule has 1 fully saturated rings. The Balaban J connectivity index is 2.32. The smallest absolute Gasteiger partial charge is 0.151 e. The molecule has 1 aliphatic heterocycles. The summed E-state index contributed by atoms with van der Waals surface area (Å²) in [5.41, 5.74) is 0. The zero-order valence-corrected chi connectivity index (χ0v) is 11.2. The average Bonchev–Trinajstić information content (AvgIpc) is 2.28. The van der Waals surface area contributed by atoms with E-state index in [1.54, 1.807) is 6.92 Å². The third-order valence-electron chi connectivity index (χ3n) is 3.16. The van der Waals surface area contributed by atoms with Crippen LogP contribution in [0.15, 0.2) is 0 Å². The summed E-state index contributed by atoms with van der Waals surface area (Å²) in [5, 5.41) is 3.43. The Morgan fingerprint density at radius 2 is 2.12 bits per heavy atom. The molecule has 1 rings (SSSR count). The summed E-state index contributed by atoms with van der Waals surface area (Å²) < 4.78 is 22.8. The molecule has 0 spiro atoms. The molecule has 1 heterocycles. The second-order valence-corrected chi connectivity index (χ2v) is 6.91. The Labute approximate surface area is 99.3 Å². The number of hydrogen-bond donors (Lipinski definition) is 1. The topological polar surface area (TPSA) is 49.4 Å². The van der Waals surface area contributed by atoms with Gasteiger partial charge in [-0.05, 0) is 25.9 Å². The molecule has 0 aromatic heterocycles. The lowest BCUT2D eigenvalue weighted by atomic mass is 10.1. The Bertz CT molecular complexity index is 288. The predicted molar refractivity (Wildman–Crippen MR) is 67.5 cm³/mol. The van der Waals surface area contributed by atoms with Crippen LogP contribution in [0.3, 0.4) is 0 Å². The molecule has 0 aromatic rings. The average molecular weight is 248 g/mol. The second kappa shape index (κ2) is 6.57. The van der Waals surface area contributed by atoms with Crippen LogP contribution in [0.1, 0.15) is 26.7 Å². The van der Waals surface area contributed by atoms with E-state index in [2.05, 4.69) is 17.1 Å². The van der Waals surface area contributed by atoms with Crippen LogP contribution in [0.5, 0.6) is 0 Å². The summed E-state index contributed by atoms with van der Waals surface area (Å²) in [6.07, 6.45) is 2.38. The molecular formula is C11H24N2O2S. The predicted octanol–water partition coefficient (Wildman–Crippen LogP) is 0.495. The number of nitrogens with one attached hydrogen (secondary N) is 1. The van der Waals surface area contributed by atoms with Crippen molar-refractivity contribution in [1.82, 2.24) is 10.2 Å². The fourth-order valence-electron chi connectivity index (χ4n) is 2.13. The van der Waals surface area contributed by atoms with Gasteiger partial charge in [-0.3, -0.25) is 0 Å². The lowest BCUT2D eigenvalue weighted by Crippen LogP contribution is -2.46. The summed E-state index contributed by atoms with van der Waals surface area (Å²) in [6.45, 7) is 7.55. The molecule has 5 heteroatoms. The van der Waals surface area contributed by atoms with Crippen LogP contribution >= 0.6 is 0 Å². The molecule has 0 aromatic carbocycles. The fourth-order valence-corrected chi connectivity index (χ4v) is 2.95. The number of piperidine rings is 1. The van der Waals surface area contributed by atoms with Crippen molar-refractivity contribution >= 4 is 9.84 Å². The van der Waals surface area contributed by atoms with Gasteiger partial charge in [0.15, 0.2) is 9.84 Å². The Kier molecular flexibility index (Phi) is 5.72. The zero-order chi connectivity index (χ0) is 12.0. The quantitative estimate of drug-likeness (QED) is 0.743. The van der Waals surface area contributed by atoms with Gasteiger partial charge in [0.1, 0.15) is 0 Å². The third kappa shape index (κ3) is 4.80. The van der Waals surface area contributed by atoms with Gasteiger partial charge in [0.05, 0.1) is 5.75 Å². The van der Waals surface area contributed by atoms with E-state index in [0.717, 1.165) is 19.6 Å². The highest BCUT2D eigenvalue weighted by molar-refractivity contribution is 7.91. The standard InChI is InChI=1S/C11H24N2O2S/c1-3-12-11-6-5-7-13(10-11)8-9-16(14,15)4-2/h11-12H,3-10H2,1-2H3. The maximum absolute atomic E-state index is 11.4. The van der Waals surface area contributed by atoms with Crippen LogP contribution in [0.25, 0.3) is 0 Å².